The molecule has 1 aromatic rings. The predicted molar refractivity (Wildman–Crippen MR) is 65.6 cm³/mol. The molecule has 19 heavy (non-hydrogen) atoms. The highest BCUT2D eigenvalue weighted by molar-refractivity contribution is 5.20. The van der Waals surface area contributed by atoms with Gasteiger partial charge in [-0.15, -0.1) is 0 Å². The van der Waals surface area contributed by atoms with Crippen LogP contribution in [0.1, 0.15) is 24.1 Å². The van der Waals surface area contributed by atoms with Crippen molar-refractivity contribution < 1.29 is 13.2 Å². The van der Waals surface area contributed by atoms with Gasteiger partial charge in [-0.25, -0.2) is 0 Å². The van der Waals surface area contributed by atoms with E-state index in [1.165, 1.54) is 13.2 Å². The van der Waals surface area contributed by atoms with Crippen LogP contribution in [0.25, 0.3) is 0 Å². The number of halogens is 3. The van der Waals surface area contributed by atoms with E-state index in [0.717, 1.165) is 30.6 Å². The molecule has 0 bridgehead atoms. The lowest BCUT2D eigenvalue weighted by atomic mass is 10.1. The molecule has 1 fully saturated rings. The Balaban J connectivity index is 2.11. The van der Waals surface area contributed by atoms with Gasteiger partial charge in [0.25, 0.3) is 0 Å². The highest BCUT2D eigenvalue weighted by Crippen LogP contribution is 2.32. The highest BCUT2D eigenvalue weighted by atomic mass is 19.4. The molecule has 0 aromatic carbocycles. The van der Waals surface area contributed by atoms with Gasteiger partial charge < -0.3 is 5.32 Å². The second kappa shape index (κ2) is 5.50. The van der Waals surface area contributed by atoms with E-state index in [1.54, 1.807) is 0 Å². The summed E-state index contributed by atoms with van der Waals surface area (Å²) in [6.45, 7) is 1.92. The summed E-state index contributed by atoms with van der Waals surface area (Å²) in [6, 6.07) is 0.361. The molecule has 108 valence electrons. The molecule has 1 aliphatic heterocycles. The van der Waals surface area contributed by atoms with Crippen molar-refractivity contribution in [3.05, 3.63) is 17.5 Å². The molecule has 1 aliphatic rings. The standard InChI is InChI=1S/C12H19F3N4/c1-16-10-4-3-5-19(8-10)7-9-6-17-18(2)11(9)12(13,14)15/h6,10,16H,3-5,7-8H2,1-2H3. The Morgan fingerprint density at radius 2 is 2.21 bits per heavy atom. The van der Waals surface area contributed by atoms with E-state index in [9.17, 15) is 13.2 Å². The minimum atomic E-state index is -4.35. The maximum atomic E-state index is 12.9. The Morgan fingerprint density at radius 1 is 1.47 bits per heavy atom. The SMILES string of the molecule is CNC1CCCN(Cc2cnn(C)c2C(F)(F)F)C1. The Bertz CT molecular complexity index is 427. The van der Waals surface area contributed by atoms with Gasteiger partial charge in [-0.1, -0.05) is 0 Å². The van der Waals surface area contributed by atoms with E-state index in [2.05, 4.69) is 15.3 Å². The van der Waals surface area contributed by atoms with Crippen LogP contribution in [-0.4, -0.2) is 40.9 Å². The predicted octanol–water partition coefficient (Wildman–Crippen LogP) is 1.62. The average Bonchev–Trinajstić information content (AvgIpc) is 2.70. The van der Waals surface area contributed by atoms with Crippen molar-refractivity contribution in [1.82, 2.24) is 20.0 Å². The topological polar surface area (TPSA) is 33.1 Å². The van der Waals surface area contributed by atoms with Crippen LogP contribution in [0.5, 0.6) is 0 Å². The maximum Gasteiger partial charge on any atom is 0.433 e. The van der Waals surface area contributed by atoms with Gasteiger partial charge in [0.05, 0.1) is 6.20 Å². The molecular formula is C12H19F3N4. The van der Waals surface area contributed by atoms with Crippen molar-refractivity contribution in [3.8, 4) is 0 Å². The zero-order valence-electron chi connectivity index (χ0n) is 11.2. The number of piperidine rings is 1. The van der Waals surface area contributed by atoms with E-state index in [0.29, 0.717) is 12.6 Å². The molecule has 0 saturated carbocycles. The summed E-state index contributed by atoms with van der Waals surface area (Å²) in [5.74, 6) is 0. The van der Waals surface area contributed by atoms with Gasteiger partial charge in [-0.3, -0.25) is 9.58 Å². The first kappa shape index (κ1) is 14.3. The quantitative estimate of drug-likeness (QED) is 0.911. The Kier molecular flexibility index (Phi) is 4.15. The number of hydrogen-bond acceptors (Lipinski definition) is 3. The van der Waals surface area contributed by atoms with Gasteiger partial charge in [-0.2, -0.15) is 18.3 Å². The molecule has 1 aromatic heterocycles. The van der Waals surface area contributed by atoms with Crippen molar-refractivity contribution in [3.63, 3.8) is 0 Å². The fourth-order valence-electron chi connectivity index (χ4n) is 2.64. The number of hydrogen-bond donors (Lipinski definition) is 1. The summed E-state index contributed by atoms with van der Waals surface area (Å²) in [5.41, 5.74) is -0.383. The number of likely N-dealkylation sites (N-methyl/N-ethyl adjacent to an activating group) is 1. The Labute approximate surface area is 110 Å². The van der Waals surface area contributed by atoms with Crippen LogP contribution in [0.15, 0.2) is 6.20 Å². The number of likely N-dealkylation sites (tertiary alicyclic amines) is 1. The zero-order chi connectivity index (χ0) is 14.0. The molecule has 2 heterocycles. The summed E-state index contributed by atoms with van der Waals surface area (Å²) in [4.78, 5) is 2.05. The maximum absolute atomic E-state index is 12.9. The lowest BCUT2D eigenvalue weighted by molar-refractivity contribution is -0.144. The van der Waals surface area contributed by atoms with E-state index in [-0.39, 0.29) is 5.56 Å². The van der Waals surface area contributed by atoms with Crippen molar-refractivity contribution in [2.45, 2.75) is 31.6 Å². The summed E-state index contributed by atoms with van der Waals surface area (Å²) in [5, 5.41) is 6.93. The van der Waals surface area contributed by atoms with Gasteiger partial charge in [0, 0.05) is 31.7 Å². The fourth-order valence-corrected chi connectivity index (χ4v) is 2.64. The van der Waals surface area contributed by atoms with Gasteiger partial charge in [0.15, 0.2) is 0 Å². The highest BCUT2D eigenvalue weighted by Gasteiger charge is 2.37. The van der Waals surface area contributed by atoms with Crippen LogP contribution in [0.2, 0.25) is 0 Å². The number of aryl methyl sites for hydroxylation is 1. The summed E-state index contributed by atoms with van der Waals surface area (Å²) in [7, 11) is 3.22. The van der Waals surface area contributed by atoms with Crippen LogP contribution in [-0.2, 0) is 19.8 Å². The monoisotopic (exact) mass is 276 g/mol. The second-order valence-corrected chi connectivity index (χ2v) is 5.00. The molecule has 0 spiro atoms. The third-order valence-corrected chi connectivity index (χ3v) is 3.59. The van der Waals surface area contributed by atoms with Gasteiger partial charge in [0.1, 0.15) is 5.69 Å². The average molecular weight is 276 g/mol. The first-order valence-corrected chi connectivity index (χ1v) is 6.39. The summed E-state index contributed by atoms with van der Waals surface area (Å²) in [6.07, 6.45) is -0.941. The van der Waals surface area contributed by atoms with E-state index in [4.69, 9.17) is 0 Å². The van der Waals surface area contributed by atoms with Crippen molar-refractivity contribution >= 4 is 0 Å². The first-order chi connectivity index (χ1) is 8.91. The minimum absolute atomic E-state index is 0.256. The molecule has 0 amide bonds. The minimum Gasteiger partial charge on any atom is -0.316 e. The summed E-state index contributed by atoms with van der Waals surface area (Å²) < 4.78 is 39.8. The van der Waals surface area contributed by atoms with E-state index < -0.39 is 11.9 Å². The number of nitrogens with one attached hydrogen (secondary N) is 1. The van der Waals surface area contributed by atoms with Gasteiger partial charge >= 0.3 is 6.18 Å². The number of aromatic nitrogens is 2. The van der Waals surface area contributed by atoms with Gasteiger partial charge in [0.2, 0.25) is 0 Å². The Hall–Kier alpha value is -1.08. The second-order valence-electron chi connectivity index (χ2n) is 5.00. The third-order valence-electron chi connectivity index (χ3n) is 3.59. The molecule has 0 radical (unpaired) electrons. The molecular weight excluding hydrogens is 257 g/mol. The van der Waals surface area contributed by atoms with Crippen molar-refractivity contribution in [1.29, 1.82) is 0 Å². The van der Waals surface area contributed by atoms with Crippen molar-refractivity contribution in [2.75, 3.05) is 20.1 Å². The molecule has 1 unspecified atom stereocenters. The normalized spacial score (nSPS) is 21.8. The van der Waals surface area contributed by atoms with Crippen LogP contribution in [0, 0.1) is 0 Å². The van der Waals surface area contributed by atoms with Crippen LogP contribution in [0.4, 0.5) is 13.2 Å². The molecule has 1 saturated heterocycles. The lowest BCUT2D eigenvalue weighted by Crippen LogP contribution is -2.44. The largest absolute Gasteiger partial charge is 0.433 e. The molecule has 7 heteroatoms. The molecule has 0 aliphatic carbocycles. The van der Waals surface area contributed by atoms with E-state index >= 15 is 0 Å². The van der Waals surface area contributed by atoms with Gasteiger partial charge in [-0.05, 0) is 26.4 Å². The van der Waals surface area contributed by atoms with Crippen LogP contribution >= 0.6 is 0 Å². The molecule has 1 N–H and O–H groups in total. The smallest absolute Gasteiger partial charge is 0.316 e. The third kappa shape index (κ3) is 3.27. The Morgan fingerprint density at radius 3 is 2.84 bits per heavy atom. The first-order valence-electron chi connectivity index (χ1n) is 6.39. The summed E-state index contributed by atoms with van der Waals surface area (Å²) >= 11 is 0. The number of nitrogens with zero attached hydrogens (tertiary/aromatic N) is 3. The zero-order valence-corrected chi connectivity index (χ0v) is 11.2. The fraction of sp³-hybridized carbons (Fsp3) is 0.750. The molecule has 2 rings (SSSR count). The lowest BCUT2D eigenvalue weighted by Gasteiger charge is -2.32. The molecule has 1 atom stereocenters. The van der Waals surface area contributed by atoms with Crippen LogP contribution < -0.4 is 5.32 Å². The number of rotatable bonds is 3. The van der Waals surface area contributed by atoms with Crippen LogP contribution in [0.3, 0.4) is 0 Å². The number of alkyl halides is 3. The van der Waals surface area contributed by atoms with E-state index in [1.807, 2.05) is 7.05 Å². The van der Waals surface area contributed by atoms with Crippen molar-refractivity contribution in [2.24, 2.45) is 7.05 Å². The molecule has 4 nitrogen and oxygen atoms in total.